The first-order valence-electron chi connectivity index (χ1n) is 6.45. The molecule has 3 aliphatic rings. The van der Waals surface area contributed by atoms with Gasteiger partial charge in [-0.25, -0.2) is 0 Å². The van der Waals surface area contributed by atoms with Crippen LogP contribution in [-0.4, -0.2) is 0 Å². The molecule has 0 saturated heterocycles. The van der Waals surface area contributed by atoms with Crippen LogP contribution in [0.5, 0.6) is 0 Å². The van der Waals surface area contributed by atoms with E-state index < -0.39 is 0 Å². The Morgan fingerprint density at radius 2 is 1.76 bits per heavy atom. The van der Waals surface area contributed by atoms with Crippen molar-refractivity contribution in [1.82, 2.24) is 0 Å². The molecule has 0 heterocycles. The lowest BCUT2D eigenvalue weighted by atomic mass is 10.0. The predicted molar refractivity (Wildman–Crippen MR) is 74.4 cm³/mol. The van der Waals surface area contributed by atoms with E-state index >= 15 is 0 Å². The van der Waals surface area contributed by atoms with Gasteiger partial charge in [-0.1, -0.05) is 58.4 Å². The maximum Gasteiger partial charge on any atom is 0.0247 e. The van der Waals surface area contributed by atoms with Crippen LogP contribution >= 0.6 is 15.9 Å². The van der Waals surface area contributed by atoms with Gasteiger partial charge in [-0.2, -0.15) is 0 Å². The van der Waals surface area contributed by atoms with Gasteiger partial charge in [0.25, 0.3) is 0 Å². The molecule has 0 radical (unpaired) electrons. The number of benzene rings is 1. The molecule has 0 amide bonds. The van der Waals surface area contributed by atoms with E-state index in [1.165, 1.54) is 16.5 Å². The Kier molecular flexibility index (Phi) is 2.14. The van der Waals surface area contributed by atoms with Crippen molar-refractivity contribution in [3.05, 3.63) is 52.5 Å². The first kappa shape index (κ1) is 10.1. The highest BCUT2D eigenvalue weighted by Crippen LogP contribution is 2.67. The SMILES string of the molecule is Brc1ccccc1/C=C/C1[C@@H]2[C@H]1[C@H]1C=C[C@@H]2C1. The summed E-state index contributed by atoms with van der Waals surface area (Å²) in [5, 5.41) is 0. The van der Waals surface area contributed by atoms with Crippen molar-refractivity contribution in [2.45, 2.75) is 6.42 Å². The fraction of sp³-hybridized carbons (Fsp3) is 0.375. The van der Waals surface area contributed by atoms with Crippen LogP contribution in [-0.2, 0) is 0 Å². The molecule has 4 rings (SSSR count). The molecular formula is C16H15Br. The Bertz CT molecular complexity index is 496. The van der Waals surface area contributed by atoms with Crippen LogP contribution in [0.25, 0.3) is 6.08 Å². The van der Waals surface area contributed by atoms with E-state index in [-0.39, 0.29) is 0 Å². The molecule has 2 fully saturated rings. The first-order chi connectivity index (χ1) is 8.34. The van der Waals surface area contributed by atoms with Gasteiger partial charge in [0.1, 0.15) is 0 Å². The van der Waals surface area contributed by atoms with Crippen molar-refractivity contribution in [2.24, 2.45) is 29.6 Å². The summed E-state index contributed by atoms with van der Waals surface area (Å²) in [6.07, 6.45) is 11.1. The number of hydrogen-bond donors (Lipinski definition) is 0. The van der Waals surface area contributed by atoms with Crippen molar-refractivity contribution in [3.63, 3.8) is 0 Å². The van der Waals surface area contributed by atoms with E-state index in [1.807, 2.05) is 0 Å². The topological polar surface area (TPSA) is 0 Å². The Balaban J connectivity index is 1.52. The third-order valence-electron chi connectivity index (χ3n) is 4.73. The van der Waals surface area contributed by atoms with E-state index in [9.17, 15) is 0 Å². The number of halogens is 1. The second-order valence-electron chi connectivity index (χ2n) is 5.56. The third-order valence-corrected chi connectivity index (χ3v) is 5.46. The van der Waals surface area contributed by atoms with Gasteiger partial charge in [0.2, 0.25) is 0 Å². The van der Waals surface area contributed by atoms with Crippen LogP contribution in [0.2, 0.25) is 0 Å². The van der Waals surface area contributed by atoms with Crippen LogP contribution in [0.3, 0.4) is 0 Å². The second-order valence-corrected chi connectivity index (χ2v) is 6.42. The van der Waals surface area contributed by atoms with Crippen LogP contribution in [0.1, 0.15) is 12.0 Å². The minimum Gasteiger partial charge on any atom is -0.0848 e. The molecule has 2 bridgehead atoms. The summed E-state index contributed by atoms with van der Waals surface area (Å²) in [6, 6.07) is 8.45. The van der Waals surface area contributed by atoms with Gasteiger partial charge in [0, 0.05) is 4.47 Å². The quantitative estimate of drug-likeness (QED) is 0.701. The normalized spacial score (nSPS) is 41.1. The number of fused-ring (bicyclic) bond motifs is 5. The molecule has 1 unspecified atom stereocenters. The van der Waals surface area contributed by atoms with Crippen LogP contribution in [0, 0.1) is 29.6 Å². The average Bonchev–Trinajstić information content (AvgIpc) is 2.74. The minimum atomic E-state index is 0.848. The Hall–Kier alpha value is -0.820. The van der Waals surface area contributed by atoms with Gasteiger partial charge in [-0.05, 0) is 47.6 Å². The van der Waals surface area contributed by atoms with E-state index in [0.717, 1.165) is 29.6 Å². The van der Waals surface area contributed by atoms with E-state index in [4.69, 9.17) is 0 Å². The zero-order valence-corrected chi connectivity index (χ0v) is 11.2. The third kappa shape index (κ3) is 1.48. The molecule has 0 nitrogen and oxygen atoms in total. The highest BCUT2D eigenvalue weighted by molar-refractivity contribution is 9.10. The van der Waals surface area contributed by atoms with Crippen molar-refractivity contribution >= 4 is 22.0 Å². The fourth-order valence-electron chi connectivity index (χ4n) is 3.94. The molecule has 86 valence electrons. The lowest BCUT2D eigenvalue weighted by Crippen LogP contribution is -1.96. The summed E-state index contributed by atoms with van der Waals surface area (Å²) in [4.78, 5) is 0. The van der Waals surface area contributed by atoms with Gasteiger partial charge >= 0.3 is 0 Å². The summed E-state index contributed by atoms with van der Waals surface area (Å²) < 4.78 is 1.20. The lowest BCUT2D eigenvalue weighted by molar-refractivity contribution is 0.530. The molecule has 0 aromatic heterocycles. The van der Waals surface area contributed by atoms with Crippen LogP contribution < -0.4 is 0 Å². The highest BCUT2D eigenvalue weighted by Gasteiger charge is 2.61. The Morgan fingerprint density at radius 3 is 2.47 bits per heavy atom. The summed E-state index contributed by atoms with van der Waals surface area (Å²) >= 11 is 3.60. The molecule has 3 aliphatic carbocycles. The van der Waals surface area contributed by atoms with Crippen molar-refractivity contribution in [2.75, 3.05) is 0 Å². The molecule has 0 spiro atoms. The molecule has 0 N–H and O–H groups in total. The molecule has 2 saturated carbocycles. The maximum absolute atomic E-state index is 3.60. The van der Waals surface area contributed by atoms with Crippen molar-refractivity contribution in [3.8, 4) is 0 Å². The monoisotopic (exact) mass is 286 g/mol. The number of hydrogen-bond acceptors (Lipinski definition) is 0. The predicted octanol–water partition coefficient (Wildman–Crippen LogP) is 4.53. The Morgan fingerprint density at radius 1 is 1.06 bits per heavy atom. The van der Waals surface area contributed by atoms with Gasteiger partial charge in [-0.3, -0.25) is 0 Å². The molecule has 17 heavy (non-hydrogen) atoms. The van der Waals surface area contributed by atoms with Crippen molar-refractivity contribution < 1.29 is 0 Å². The zero-order valence-electron chi connectivity index (χ0n) is 9.59. The average molecular weight is 287 g/mol. The first-order valence-corrected chi connectivity index (χ1v) is 7.25. The lowest BCUT2D eigenvalue weighted by Gasteiger charge is -2.05. The minimum absolute atomic E-state index is 0.848. The van der Waals surface area contributed by atoms with Crippen molar-refractivity contribution in [1.29, 1.82) is 0 Å². The summed E-state index contributed by atoms with van der Waals surface area (Å²) in [5.41, 5.74) is 1.30. The number of allylic oxidation sites excluding steroid dienone is 3. The van der Waals surface area contributed by atoms with Crippen LogP contribution in [0.4, 0.5) is 0 Å². The van der Waals surface area contributed by atoms with Gasteiger partial charge in [-0.15, -0.1) is 0 Å². The number of rotatable bonds is 2. The fourth-order valence-corrected chi connectivity index (χ4v) is 4.35. The molecule has 0 aliphatic heterocycles. The largest absolute Gasteiger partial charge is 0.0848 e. The van der Waals surface area contributed by atoms with E-state index in [0.29, 0.717) is 0 Å². The van der Waals surface area contributed by atoms with Crippen LogP contribution in [0.15, 0.2) is 47.0 Å². The summed E-state index contributed by atoms with van der Waals surface area (Å²) in [5.74, 6) is 4.60. The molecule has 1 aromatic rings. The van der Waals surface area contributed by atoms with Gasteiger partial charge < -0.3 is 0 Å². The van der Waals surface area contributed by atoms with E-state index in [1.54, 1.807) is 0 Å². The Labute approximate surface area is 111 Å². The molecule has 1 aromatic carbocycles. The standard InChI is InChI=1S/C16H15Br/c17-14-4-2-1-3-10(14)7-8-13-15-11-5-6-12(9-11)16(13)15/h1-8,11-13,15-16H,9H2/b8-7+/t11-,12+,13?,15-,16+. The zero-order chi connectivity index (χ0) is 11.4. The maximum atomic E-state index is 3.60. The van der Waals surface area contributed by atoms with E-state index in [2.05, 4.69) is 64.5 Å². The second kappa shape index (κ2) is 3.58. The van der Waals surface area contributed by atoms with Gasteiger partial charge in [0.05, 0.1) is 0 Å². The van der Waals surface area contributed by atoms with Gasteiger partial charge in [0.15, 0.2) is 0 Å². The molecule has 1 heteroatoms. The smallest absolute Gasteiger partial charge is 0.0247 e. The molecular weight excluding hydrogens is 272 g/mol. The summed E-state index contributed by atoms with van der Waals surface area (Å²) in [7, 11) is 0. The molecule has 5 atom stereocenters. The summed E-state index contributed by atoms with van der Waals surface area (Å²) in [6.45, 7) is 0. The highest BCUT2D eigenvalue weighted by atomic mass is 79.9.